The lowest BCUT2D eigenvalue weighted by Gasteiger charge is -2.00. The summed E-state index contributed by atoms with van der Waals surface area (Å²) in [6.07, 6.45) is 5.37. The van der Waals surface area contributed by atoms with Crippen molar-refractivity contribution in [2.75, 3.05) is 0 Å². The summed E-state index contributed by atoms with van der Waals surface area (Å²) in [7, 11) is 0. The van der Waals surface area contributed by atoms with E-state index in [0.717, 1.165) is 11.8 Å². The molecule has 0 aromatic carbocycles. The summed E-state index contributed by atoms with van der Waals surface area (Å²) < 4.78 is 0. The summed E-state index contributed by atoms with van der Waals surface area (Å²) in [5, 5.41) is 0. The zero-order chi connectivity index (χ0) is 7.97. The fourth-order valence-electron chi connectivity index (χ4n) is 1.60. The summed E-state index contributed by atoms with van der Waals surface area (Å²) in [6.45, 7) is 0. The molecule has 0 amide bonds. The van der Waals surface area contributed by atoms with Crippen molar-refractivity contribution in [2.45, 2.75) is 37.5 Å². The number of pyridine rings is 1. The highest BCUT2D eigenvalue weighted by Crippen LogP contribution is 2.42. The first-order valence-electron chi connectivity index (χ1n) is 4.81. The largest absolute Gasteiger partial charge is 0.257 e. The molecule has 1 nitrogen and oxygen atoms in total. The molecule has 1 heteroatoms. The van der Waals surface area contributed by atoms with Crippen molar-refractivity contribution in [3.63, 3.8) is 0 Å². The number of rotatable bonds is 2. The molecule has 0 unspecified atom stereocenters. The summed E-state index contributed by atoms with van der Waals surface area (Å²) in [4.78, 5) is 4.67. The van der Waals surface area contributed by atoms with E-state index in [2.05, 4.69) is 23.2 Å². The van der Waals surface area contributed by atoms with E-state index >= 15 is 0 Å². The standard InChI is InChI=1S/C11H12N/c1-2-10(8-4-5-8)12-11(3-1)9-6-7-9/h2-3,8-9H,4-7H2. The Labute approximate surface area is 72.8 Å². The number of nitrogens with zero attached hydrogens (tertiary/aromatic N) is 1. The van der Waals surface area contributed by atoms with Gasteiger partial charge in [-0.25, -0.2) is 0 Å². The normalized spacial score (nSPS) is 22.7. The molecule has 2 saturated carbocycles. The van der Waals surface area contributed by atoms with Gasteiger partial charge in [-0.3, -0.25) is 4.98 Å². The fraction of sp³-hybridized carbons (Fsp3) is 0.545. The number of hydrogen-bond donors (Lipinski definition) is 0. The minimum absolute atomic E-state index is 0.778. The molecule has 1 heterocycles. The Balaban J connectivity index is 1.93. The Bertz CT molecular complexity index is 270. The van der Waals surface area contributed by atoms with Crippen LogP contribution < -0.4 is 0 Å². The maximum absolute atomic E-state index is 4.67. The lowest BCUT2D eigenvalue weighted by Crippen LogP contribution is -1.91. The predicted molar refractivity (Wildman–Crippen MR) is 47.0 cm³/mol. The molecule has 12 heavy (non-hydrogen) atoms. The van der Waals surface area contributed by atoms with Gasteiger partial charge >= 0.3 is 0 Å². The second-order valence-electron chi connectivity index (χ2n) is 3.97. The van der Waals surface area contributed by atoms with Crippen molar-refractivity contribution in [2.24, 2.45) is 0 Å². The lowest BCUT2D eigenvalue weighted by molar-refractivity contribution is 0.938. The van der Waals surface area contributed by atoms with E-state index in [9.17, 15) is 0 Å². The van der Waals surface area contributed by atoms with E-state index in [-0.39, 0.29) is 0 Å². The lowest BCUT2D eigenvalue weighted by atomic mass is 10.2. The van der Waals surface area contributed by atoms with Gasteiger partial charge in [-0.1, -0.05) is 0 Å². The molecule has 0 spiro atoms. The molecule has 0 atom stereocenters. The second kappa shape index (κ2) is 2.32. The van der Waals surface area contributed by atoms with Crippen LogP contribution in [0.4, 0.5) is 0 Å². The van der Waals surface area contributed by atoms with Crippen LogP contribution in [0.25, 0.3) is 0 Å². The minimum atomic E-state index is 0.778. The summed E-state index contributed by atoms with van der Waals surface area (Å²) in [5.74, 6) is 1.56. The monoisotopic (exact) mass is 158 g/mol. The van der Waals surface area contributed by atoms with Crippen molar-refractivity contribution >= 4 is 0 Å². The molecule has 1 aromatic rings. The average Bonchev–Trinajstić information content (AvgIpc) is 2.98. The number of hydrogen-bond acceptors (Lipinski definition) is 1. The molecule has 0 N–H and O–H groups in total. The molecule has 0 saturated heterocycles. The fourth-order valence-corrected chi connectivity index (χ4v) is 1.60. The van der Waals surface area contributed by atoms with Gasteiger partial charge in [0.25, 0.3) is 0 Å². The highest BCUT2D eigenvalue weighted by molar-refractivity contribution is 5.21. The molecule has 2 fully saturated rings. The predicted octanol–water partition coefficient (Wildman–Crippen LogP) is 2.64. The number of aromatic nitrogens is 1. The zero-order valence-electron chi connectivity index (χ0n) is 7.09. The Hall–Kier alpha value is -0.850. The van der Waals surface area contributed by atoms with Gasteiger partial charge in [0.05, 0.1) is 0 Å². The van der Waals surface area contributed by atoms with E-state index in [1.165, 1.54) is 37.1 Å². The first-order chi connectivity index (χ1) is 5.93. The summed E-state index contributed by atoms with van der Waals surface area (Å²) in [6, 6.07) is 7.33. The van der Waals surface area contributed by atoms with Crippen molar-refractivity contribution < 1.29 is 0 Å². The van der Waals surface area contributed by atoms with Crippen LogP contribution in [-0.4, -0.2) is 4.98 Å². The SMILES string of the molecule is [c]1cc(C2CC2)nc(C2CC2)c1. The third-order valence-corrected chi connectivity index (χ3v) is 2.71. The van der Waals surface area contributed by atoms with Crippen LogP contribution in [0.2, 0.25) is 0 Å². The van der Waals surface area contributed by atoms with E-state index in [0.29, 0.717) is 0 Å². The van der Waals surface area contributed by atoms with Gasteiger partial charge < -0.3 is 0 Å². The van der Waals surface area contributed by atoms with Crippen LogP contribution in [0.5, 0.6) is 0 Å². The minimum Gasteiger partial charge on any atom is -0.257 e. The van der Waals surface area contributed by atoms with Crippen molar-refractivity contribution in [3.8, 4) is 0 Å². The van der Waals surface area contributed by atoms with Crippen LogP contribution >= 0.6 is 0 Å². The first kappa shape index (κ1) is 6.64. The van der Waals surface area contributed by atoms with Crippen molar-refractivity contribution in [3.05, 3.63) is 29.6 Å². The van der Waals surface area contributed by atoms with Gasteiger partial charge in [-0.05, 0) is 43.9 Å². The van der Waals surface area contributed by atoms with E-state index in [4.69, 9.17) is 0 Å². The Kier molecular flexibility index (Phi) is 1.28. The molecule has 0 aliphatic heterocycles. The molecule has 1 radical (unpaired) electrons. The van der Waals surface area contributed by atoms with Gasteiger partial charge in [0.1, 0.15) is 0 Å². The van der Waals surface area contributed by atoms with E-state index < -0.39 is 0 Å². The van der Waals surface area contributed by atoms with Crippen molar-refractivity contribution in [1.82, 2.24) is 4.98 Å². The smallest absolute Gasteiger partial charge is 0.0444 e. The summed E-state index contributed by atoms with van der Waals surface area (Å²) in [5.41, 5.74) is 2.58. The van der Waals surface area contributed by atoms with Crippen molar-refractivity contribution in [1.29, 1.82) is 0 Å². The van der Waals surface area contributed by atoms with Gasteiger partial charge in [0.2, 0.25) is 0 Å². The first-order valence-corrected chi connectivity index (χ1v) is 4.81. The van der Waals surface area contributed by atoms with Crippen LogP contribution in [0, 0.1) is 6.07 Å². The average molecular weight is 158 g/mol. The Morgan fingerprint density at radius 2 is 1.50 bits per heavy atom. The van der Waals surface area contributed by atoms with Crippen LogP contribution in [0.15, 0.2) is 12.1 Å². The second-order valence-corrected chi connectivity index (χ2v) is 3.97. The molecular weight excluding hydrogens is 146 g/mol. The Morgan fingerprint density at radius 3 is 1.92 bits per heavy atom. The van der Waals surface area contributed by atoms with Crippen LogP contribution in [0.3, 0.4) is 0 Å². The molecule has 61 valence electrons. The molecule has 2 aliphatic rings. The van der Waals surface area contributed by atoms with Crippen LogP contribution in [0.1, 0.15) is 48.9 Å². The topological polar surface area (TPSA) is 12.9 Å². The molecular formula is C11H12N. The van der Waals surface area contributed by atoms with Gasteiger partial charge in [-0.2, -0.15) is 0 Å². The highest BCUT2D eigenvalue weighted by atomic mass is 14.7. The van der Waals surface area contributed by atoms with Crippen LogP contribution in [-0.2, 0) is 0 Å². The Morgan fingerprint density at radius 1 is 1.00 bits per heavy atom. The summed E-state index contributed by atoms with van der Waals surface area (Å²) >= 11 is 0. The van der Waals surface area contributed by atoms with E-state index in [1.54, 1.807) is 0 Å². The maximum atomic E-state index is 4.67. The van der Waals surface area contributed by atoms with Gasteiger partial charge in [-0.15, -0.1) is 0 Å². The molecule has 0 bridgehead atoms. The zero-order valence-corrected chi connectivity index (χ0v) is 7.09. The quantitative estimate of drug-likeness (QED) is 0.644. The third-order valence-electron chi connectivity index (χ3n) is 2.71. The molecule has 1 aromatic heterocycles. The van der Waals surface area contributed by atoms with E-state index in [1.807, 2.05) is 0 Å². The molecule has 2 aliphatic carbocycles. The molecule has 3 rings (SSSR count). The van der Waals surface area contributed by atoms with Gasteiger partial charge in [0.15, 0.2) is 0 Å². The third kappa shape index (κ3) is 1.13. The maximum Gasteiger partial charge on any atom is 0.0444 e. The van der Waals surface area contributed by atoms with Gasteiger partial charge in [0, 0.05) is 23.2 Å². The highest BCUT2D eigenvalue weighted by Gasteiger charge is 2.28.